The van der Waals surface area contributed by atoms with E-state index in [0.717, 1.165) is 25.7 Å². The topological polar surface area (TPSA) is 15.3 Å². The van der Waals surface area contributed by atoms with Crippen LogP contribution in [0.3, 0.4) is 0 Å². The predicted molar refractivity (Wildman–Crippen MR) is 86.8 cm³/mol. The summed E-state index contributed by atoms with van der Waals surface area (Å²) >= 11 is 3.73. The molecule has 1 saturated carbocycles. The van der Waals surface area contributed by atoms with Gasteiger partial charge in [0.05, 0.1) is 5.69 Å². The zero-order valence-electron chi connectivity index (χ0n) is 12.1. The summed E-state index contributed by atoms with van der Waals surface area (Å²) in [4.78, 5) is 2.45. The number of hydrogen-bond acceptors (Lipinski definition) is 2. The average Bonchev–Trinajstić information content (AvgIpc) is 3.23. The smallest absolute Gasteiger partial charge is 0.0510 e. The number of rotatable bonds is 8. The zero-order valence-corrected chi connectivity index (χ0v) is 13.7. The minimum absolute atomic E-state index is 0.773. The van der Waals surface area contributed by atoms with Gasteiger partial charge in [0, 0.05) is 30.1 Å². The maximum absolute atomic E-state index is 3.73. The summed E-state index contributed by atoms with van der Waals surface area (Å²) in [6.07, 6.45) is 5.20. The predicted octanol–water partition coefficient (Wildman–Crippen LogP) is 4.33. The molecule has 1 fully saturated rings. The Morgan fingerprint density at radius 3 is 2.68 bits per heavy atom. The molecule has 106 valence electrons. The normalized spacial score (nSPS) is 14.7. The van der Waals surface area contributed by atoms with E-state index < -0.39 is 0 Å². The Morgan fingerprint density at radius 1 is 1.32 bits per heavy atom. The van der Waals surface area contributed by atoms with Crippen molar-refractivity contribution < 1.29 is 0 Å². The fourth-order valence-corrected chi connectivity index (χ4v) is 2.94. The van der Waals surface area contributed by atoms with Gasteiger partial charge >= 0.3 is 0 Å². The molecule has 3 heteroatoms. The van der Waals surface area contributed by atoms with E-state index >= 15 is 0 Å². The third-order valence-electron chi connectivity index (χ3n) is 3.69. The second-order valence-electron chi connectivity index (χ2n) is 5.37. The van der Waals surface area contributed by atoms with E-state index in [1.54, 1.807) is 0 Å². The van der Waals surface area contributed by atoms with Crippen LogP contribution in [0.4, 0.5) is 5.69 Å². The van der Waals surface area contributed by atoms with E-state index in [4.69, 9.17) is 0 Å². The molecule has 2 nitrogen and oxygen atoms in total. The maximum atomic E-state index is 3.73. The molecule has 0 unspecified atom stereocenters. The van der Waals surface area contributed by atoms with Crippen molar-refractivity contribution in [3.63, 3.8) is 0 Å². The van der Waals surface area contributed by atoms with Crippen LogP contribution >= 0.6 is 15.9 Å². The Bertz CT molecular complexity index is 402. The fourth-order valence-electron chi connectivity index (χ4n) is 2.26. The lowest BCUT2D eigenvalue weighted by molar-refractivity contribution is 0.687. The molecule has 1 aromatic rings. The molecule has 0 aliphatic heterocycles. The van der Waals surface area contributed by atoms with Gasteiger partial charge in [-0.25, -0.2) is 0 Å². The molecule has 0 amide bonds. The van der Waals surface area contributed by atoms with Gasteiger partial charge in [0.2, 0.25) is 0 Å². The molecule has 1 N–H and O–H groups in total. The SMILES string of the molecule is CCCCN(CC)c1ccc(CNC2CC2)cc1Br. The number of benzene rings is 1. The molecule has 19 heavy (non-hydrogen) atoms. The summed E-state index contributed by atoms with van der Waals surface area (Å²) in [5.41, 5.74) is 2.69. The largest absolute Gasteiger partial charge is 0.371 e. The van der Waals surface area contributed by atoms with Crippen LogP contribution in [-0.2, 0) is 6.54 Å². The van der Waals surface area contributed by atoms with Gasteiger partial charge in [-0.15, -0.1) is 0 Å². The summed E-state index contributed by atoms with van der Waals surface area (Å²) < 4.78 is 1.22. The standard InChI is InChI=1S/C16H25BrN2/c1-3-5-10-19(4-2)16-9-6-13(11-15(16)17)12-18-14-7-8-14/h6,9,11,14,18H,3-5,7-8,10,12H2,1-2H3. The first kappa shape index (κ1) is 14.9. The molecule has 0 spiro atoms. The Balaban J connectivity index is 1.99. The highest BCUT2D eigenvalue weighted by Crippen LogP contribution is 2.28. The van der Waals surface area contributed by atoms with Crippen LogP contribution in [0.5, 0.6) is 0 Å². The Kier molecular flexibility index (Phi) is 5.71. The van der Waals surface area contributed by atoms with Crippen LogP contribution in [0.15, 0.2) is 22.7 Å². The van der Waals surface area contributed by atoms with E-state index in [0.29, 0.717) is 0 Å². The van der Waals surface area contributed by atoms with Crippen molar-refractivity contribution >= 4 is 21.6 Å². The van der Waals surface area contributed by atoms with Gasteiger partial charge in [-0.1, -0.05) is 19.4 Å². The summed E-state index contributed by atoms with van der Waals surface area (Å²) in [6.45, 7) is 7.67. The van der Waals surface area contributed by atoms with E-state index in [9.17, 15) is 0 Å². The number of halogens is 1. The lowest BCUT2D eigenvalue weighted by Crippen LogP contribution is -2.24. The highest BCUT2D eigenvalue weighted by Gasteiger charge is 2.20. The summed E-state index contributed by atoms with van der Waals surface area (Å²) in [6, 6.07) is 7.55. The van der Waals surface area contributed by atoms with E-state index in [1.165, 1.54) is 41.4 Å². The van der Waals surface area contributed by atoms with Gasteiger partial charge in [0.25, 0.3) is 0 Å². The van der Waals surface area contributed by atoms with Gasteiger partial charge in [-0.3, -0.25) is 0 Å². The van der Waals surface area contributed by atoms with Gasteiger partial charge in [0.1, 0.15) is 0 Å². The van der Waals surface area contributed by atoms with E-state index in [2.05, 4.69) is 58.2 Å². The van der Waals surface area contributed by atoms with Crippen molar-refractivity contribution in [2.45, 2.75) is 52.1 Å². The van der Waals surface area contributed by atoms with Crippen molar-refractivity contribution in [1.82, 2.24) is 5.32 Å². The monoisotopic (exact) mass is 324 g/mol. The lowest BCUT2D eigenvalue weighted by atomic mass is 10.2. The molecule has 1 aliphatic rings. The molecule has 0 aromatic heterocycles. The molecular weight excluding hydrogens is 300 g/mol. The van der Waals surface area contributed by atoms with Crippen molar-refractivity contribution in [2.24, 2.45) is 0 Å². The highest BCUT2D eigenvalue weighted by molar-refractivity contribution is 9.10. The van der Waals surface area contributed by atoms with Crippen LogP contribution in [0.2, 0.25) is 0 Å². The Labute approximate surface area is 125 Å². The number of unbranched alkanes of at least 4 members (excludes halogenated alkanes) is 1. The summed E-state index contributed by atoms with van der Waals surface area (Å²) in [7, 11) is 0. The van der Waals surface area contributed by atoms with Gasteiger partial charge < -0.3 is 10.2 Å². The molecule has 0 radical (unpaired) electrons. The van der Waals surface area contributed by atoms with Crippen LogP contribution < -0.4 is 10.2 Å². The van der Waals surface area contributed by atoms with Gasteiger partial charge in [-0.05, 0) is 59.8 Å². The third-order valence-corrected chi connectivity index (χ3v) is 4.32. The number of nitrogens with zero attached hydrogens (tertiary/aromatic N) is 1. The molecule has 2 rings (SSSR count). The molecule has 1 aromatic carbocycles. The van der Waals surface area contributed by atoms with Crippen LogP contribution in [0.25, 0.3) is 0 Å². The molecule has 1 aliphatic carbocycles. The second kappa shape index (κ2) is 7.30. The van der Waals surface area contributed by atoms with Crippen LogP contribution in [-0.4, -0.2) is 19.1 Å². The Hall–Kier alpha value is -0.540. The van der Waals surface area contributed by atoms with Crippen molar-refractivity contribution in [1.29, 1.82) is 0 Å². The first-order valence-electron chi connectivity index (χ1n) is 7.51. The molecule has 0 saturated heterocycles. The van der Waals surface area contributed by atoms with Crippen molar-refractivity contribution in [2.75, 3.05) is 18.0 Å². The summed E-state index contributed by atoms with van der Waals surface area (Å²) in [5, 5.41) is 3.56. The Morgan fingerprint density at radius 2 is 2.11 bits per heavy atom. The van der Waals surface area contributed by atoms with E-state index in [1.807, 2.05) is 0 Å². The van der Waals surface area contributed by atoms with Gasteiger partial charge in [-0.2, -0.15) is 0 Å². The maximum Gasteiger partial charge on any atom is 0.0510 e. The molecular formula is C16H25BrN2. The number of hydrogen-bond donors (Lipinski definition) is 1. The number of anilines is 1. The summed E-state index contributed by atoms with van der Waals surface area (Å²) in [5.74, 6) is 0. The minimum Gasteiger partial charge on any atom is -0.371 e. The quantitative estimate of drug-likeness (QED) is 0.765. The highest BCUT2D eigenvalue weighted by atomic mass is 79.9. The lowest BCUT2D eigenvalue weighted by Gasteiger charge is -2.24. The molecule has 0 atom stereocenters. The third kappa shape index (κ3) is 4.50. The van der Waals surface area contributed by atoms with Crippen molar-refractivity contribution in [3.8, 4) is 0 Å². The molecule has 0 bridgehead atoms. The van der Waals surface area contributed by atoms with E-state index in [-0.39, 0.29) is 0 Å². The number of nitrogens with one attached hydrogen (secondary N) is 1. The van der Waals surface area contributed by atoms with Crippen molar-refractivity contribution in [3.05, 3.63) is 28.2 Å². The molecule has 0 heterocycles. The van der Waals surface area contributed by atoms with Gasteiger partial charge in [0.15, 0.2) is 0 Å². The van der Waals surface area contributed by atoms with Crippen LogP contribution in [0, 0.1) is 0 Å². The minimum atomic E-state index is 0.773. The first-order chi connectivity index (χ1) is 9.24. The first-order valence-corrected chi connectivity index (χ1v) is 8.30. The van der Waals surface area contributed by atoms with Crippen LogP contribution in [0.1, 0.15) is 45.1 Å². The zero-order chi connectivity index (χ0) is 13.7. The fraction of sp³-hybridized carbons (Fsp3) is 0.625. The average molecular weight is 325 g/mol. The second-order valence-corrected chi connectivity index (χ2v) is 6.23.